The Kier molecular flexibility index (Phi) is 2.31. The van der Waals surface area contributed by atoms with Crippen LogP contribution in [0.4, 0.5) is 0 Å². The molecule has 1 aliphatic heterocycles. The zero-order valence-corrected chi connectivity index (χ0v) is 7.53. The van der Waals surface area contributed by atoms with Gasteiger partial charge in [0, 0.05) is 0 Å². The summed E-state index contributed by atoms with van der Waals surface area (Å²) in [6, 6.07) is 0.139. The first-order valence-corrected chi connectivity index (χ1v) is 3.88. The maximum absolute atomic E-state index is 8.83. The van der Waals surface area contributed by atoms with Crippen molar-refractivity contribution >= 4 is 9.39 Å². The molecule has 0 saturated carbocycles. The van der Waals surface area contributed by atoms with Crippen LogP contribution < -0.4 is 0 Å². The van der Waals surface area contributed by atoms with E-state index >= 15 is 0 Å². The largest absolute Gasteiger partial charge is 0.395 e. The van der Waals surface area contributed by atoms with Gasteiger partial charge in [-0.2, -0.15) is 0 Å². The molecule has 1 aliphatic rings. The Labute approximate surface area is 63.6 Å². The van der Waals surface area contributed by atoms with E-state index in [1.807, 2.05) is 18.5 Å². The van der Waals surface area contributed by atoms with Crippen LogP contribution in [0.15, 0.2) is 0 Å². The third kappa shape index (κ3) is 1.32. The van der Waals surface area contributed by atoms with Gasteiger partial charge in [0.1, 0.15) is 5.72 Å². The fraction of sp³-hybridized carbons (Fsp3) is 1.00. The molecule has 4 heteroatoms. The summed E-state index contributed by atoms with van der Waals surface area (Å²) < 4.78 is 7.37. The lowest BCUT2D eigenvalue weighted by Crippen LogP contribution is -2.37. The van der Waals surface area contributed by atoms with Gasteiger partial charge in [0.2, 0.25) is 0 Å². The third-order valence-corrected chi connectivity index (χ3v) is 2.90. The summed E-state index contributed by atoms with van der Waals surface area (Å²) in [5, 5.41) is 8.83. The van der Waals surface area contributed by atoms with E-state index in [1.54, 1.807) is 0 Å². The summed E-state index contributed by atoms with van der Waals surface area (Å²) >= 11 is 0. The van der Waals surface area contributed by atoms with Crippen molar-refractivity contribution in [1.29, 1.82) is 0 Å². The second-order valence-corrected chi connectivity index (χ2v) is 3.56. The lowest BCUT2D eigenvalue weighted by atomic mass is 10.3. The van der Waals surface area contributed by atoms with Gasteiger partial charge in [-0.1, -0.05) is 9.39 Å². The molecule has 10 heavy (non-hydrogen) atoms. The summed E-state index contributed by atoms with van der Waals surface area (Å²) in [5.41, 5.74) is -0.238. The SMILES string of the molecule is CC1(C)OCC(CO)N1P. The number of aliphatic hydroxyl groups excluding tert-OH is 1. The molecule has 1 saturated heterocycles. The van der Waals surface area contributed by atoms with Gasteiger partial charge in [0.05, 0.1) is 19.3 Å². The molecule has 0 amide bonds. The number of aliphatic hydroxyl groups is 1. The van der Waals surface area contributed by atoms with E-state index in [0.717, 1.165) is 0 Å². The number of ether oxygens (including phenoxy) is 1. The quantitative estimate of drug-likeness (QED) is 0.561. The molecular weight excluding hydrogens is 149 g/mol. The Hall–Kier alpha value is 0.310. The van der Waals surface area contributed by atoms with Crippen LogP contribution >= 0.6 is 9.39 Å². The number of hydrogen-bond donors (Lipinski definition) is 1. The molecule has 0 bridgehead atoms. The highest BCUT2D eigenvalue weighted by Crippen LogP contribution is 2.29. The normalized spacial score (nSPS) is 33.0. The molecule has 60 valence electrons. The minimum absolute atomic E-state index is 0.139. The average Bonchev–Trinajstić information content (AvgIpc) is 2.10. The molecule has 0 spiro atoms. The first kappa shape index (κ1) is 8.41. The van der Waals surface area contributed by atoms with Crippen molar-refractivity contribution in [2.24, 2.45) is 0 Å². The maximum atomic E-state index is 8.83. The van der Waals surface area contributed by atoms with Crippen LogP contribution in [-0.2, 0) is 4.74 Å². The zero-order chi connectivity index (χ0) is 7.78. The van der Waals surface area contributed by atoms with Gasteiger partial charge in [-0.25, -0.2) is 0 Å². The van der Waals surface area contributed by atoms with Crippen molar-refractivity contribution in [3.05, 3.63) is 0 Å². The molecule has 0 radical (unpaired) electrons. The van der Waals surface area contributed by atoms with E-state index in [9.17, 15) is 0 Å². The Balaban J connectivity index is 2.58. The minimum Gasteiger partial charge on any atom is -0.395 e. The lowest BCUT2D eigenvalue weighted by molar-refractivity contribution is -0.0127. The maximum Gasteiger partial charge on any atom is 0.119 e. The Bertz CT molecular complexity index is 129. The molecule has 1 fully saturated rings. The summed E-state index contributed by atoms with van der Waals surface area (Å²) in [4.78, 5) is 0. The van der Waals surface area contributed by atoms with Crippen LogP contribution in [0.1, 0.15) is 13.8 Å². The second-order valence-electron chi connectivity index (χ2n) is 3.00. The topological polar surface area (TPSA) is 32.7 Å². The summed E-state index contributed by atoms with van der Waals surface area (Å²) in [5.74, 6) is 0. The molecule has 0 aromatic rings. The van der Waals surface area contributed by atoms with Gasteiger partial charge in [-0.3, -0.25) is 4.67 Å². The van der Waals surface area contributed by atoms with Crippen LogP contribution in [0.3, 0.4) is 0 Å². The van der Waals surface area contributed by atoms with Crippen molar-refractivity contribution in [2.75, 3.05) is 13.2 Å². The molecule has 3 nitrogen and oxygen atoms in total. The predicted molar refractivity (Wildman–Crippen MR) is 42.5 cm³/mol. The first-order valence-electron chi connectivity index (χ1n) is 3.37. The second kappa shape index (κ2) is 2.74. The van der Waals surface area contributed by atoms with E-state index in [1.165, 1.54) is 0 Å². The van der Waals surface area contributed by atoms with E-state index in [0.29, 0.717) is 6.61 Å². The first-order chi connectivity index (χ1) is 4.58. The van der Waals surface area contributed by atoms with E-state index in [2.05, 4.69) is 9.39 Å². The molecule has 1 N–H and O–H groups in total. The van der Waals surface area contributed by atoms with Crippen molar-refractivity contribution < 1.29 is 9.84 Å². The highest BCUT2D eigenvalue weighted by molar-refractivity contribution is 7.13. The monoisotopic (exact) mass is 163 g/mol. The van der Waals surface area contributed by atoms with Crippen LogP contribution in [0.5, 0.6) is 0 Å². The smallest absolute Gasteiger partial charge is 0.119 e. The molecular formula is C6H14NO2P. The van der Waals surface area contributed by atoms with Crippen molar-refractivity contribution in [3.8, 4) is 0 Å². The molecule has 1 rings (SSSR count). The molecule has 0 aromatic heterocycles. The summed E-state index contributed by atoms with van der Waals surface area (Å²) in [7, 11) is 2.57. The van der Waals surface area contributed by atoms with Crippen molar-refractivity contribution in [1.82, 2.24) is 4.67 Å². The number of rotatable bonds is 1. The van der Waals surface area contributed by atoms with Gasteiger partial charge in [-0.15, -0.1) is 0 Å². The fourth-order valence-corrected chi connectivity index (χ4v) is 1.29. The average molecular weight is 163 g/mol. The van der Waals surface area contributed by atoms with Crippen LogP contribution in [0.2, 0.25) is 0 Å². The molecule has 1 heterocycles. The fourth-order valence-electron chi connectivity index (χ4n) is 1.04. The molecule has 2 unspecified atom stereocenters. The van der Waals surface area contributed by atoms with Gasteiger partial charge in [0.25, 0.3) is 0 Å². The predicted octanol–water partition coefficient (Wildman–Crippen LogP) is 0.206. The van der Waals surface area contributed by atoms with Crippen LogP contribution in [0, 0.1) is 0 Å². The zero-order valence-electron chi connectivity index (χ0n) is 6.37. The summed E-state index contributed by atoms with van der Waals surface area (Å²) in [6.45, 7) is 4.74. The van der Waals surface area contributed by atoms with Gasteiger partial charge >= 0.3 is 0 Å². The highest BCUT2D eigenvalue weighted by atomic mass is 31.0. The van der Waals surface area contributed by atoms with Gasteiger partial charge in [0.15, 0.2) is 0 Å². The van der Waals surface area contributed by atoms with Gasteiger partial charge in [-0.05, 0) is 13.8 Å². The third-order valence-electron chi connectivity index (χ3n) is 1.85. The minimum atomic E-state index is -0.238. The molecule has 0 aliphatic carbocycles. The highest BCUT2D eigenvalue weighted by Gasteiger charge is 2.37. The molecule has 2 atom stereocenters. The Morgan fingerprint density at radius 3 is 2.60 bits per heavy atom. The lowest BCUT2D eigenvalue weighted by Gasteiger charge is -2.28. The van der Waals surface area contributed by atoms with Crippen molar-refractivity contribution in [2.45, 2.75) is 25.6 Å². The molecule has 0 aromatic carbocycles. The van der Waals surface area contributed by atoms with Crippen LogP contribution in [-0.4, -0.2) is 34.8 Å². The standard InChI is InChI=1S/C6H14NO2P/c1-6(2)7(10)5(3-8)4-9-6/h5,8H,3-4,10H2,1-2H3. The van der Waals surface area contributed by atoms with Gasteiger partial charge < -0.3 is 9.84 Å². The van der Waals surface area contributed by atoms with Crippen molar-refractivity contribution in [3.63, 3.8) is 0 Å². The summed E-state index contributed by atoms with van der Waals surface area (Å²) in [6.07, 6.45) is 0. The number of hydrogen-bond acceptors (Lipinski definition) is 3. The van der Waals surface area contributed by atoms with E-state index in [-0.39, 0.29) is 18.4 Å². The van der Waals surface area contributed by atoms with E-state index in [4.69, 9.17) is 9.84 Å². The van der Waals surface area contributed by atoms with E-state index < -0.39 is 0 Å². The Morgan fingerprint density at radius 1 is 1.80 bits per heavy atom. The Morgan fingerprint density at radius 2 is 2.40 bits per heavy atom. The van der Waals surface area contributed by atoms with Crippen LogP contribution in [0.25, 0.3) is 0 Å². The number of nitrogens with zero attached hydrogens (tertiary/aromatic N) is 1.